The fraction of sp³-hybridized carbons (Fsp3) is 0. The molecule has 0 saturated carbocycles. The molecule has 0 saturated heterocycles. The third-order valence-electron chi connectivity index (χ3n) is 4.34. The molecule has 4 rings (SSSR count). The van der Waals surface area contributed by atoms with Gasteiger partial charge in [-0.2, -0.15) is 0 Å². The molecule has 0 atom stereocenters. The predicted molar refractivity (Wildman–Crippen MR) is 116 cm³/mol. The van der Waals surface area contributed by atoms with Crippen molar-refractivity contribution in [1.29, 1.82) is 0 Å². The Bertz CT molecular complexity index is 1090. The number of hydrogen-bond donors (Lipinski definition) is 0. The van der Waals surface area contributed by atoms with Crippen molar-refractivity contribution in [3.63, 3.8) is 0 Å². The summed E-state index contributed by atoms with van der Waals surface area (Å²) in [6, 6.07) is 31.3. The second-order valence-electron chi connectivity index (χ2n) is 6.50. The molecule has 0 amide bonds. The van der Waals surface area contributed by atoms with Crippen LogP contribution in [0.5, 0.6) is 23.0 Å². The van der Waals surface area contributed by atoms with Crippen LogP contribution in [0.4, 0.5) is 0 Å². The lowest BCUT2D eigenvalue weighted by atomic mass is 10.2. The maximum Gasteiger partial charge on any atom is 0.349 e. The molecule has 0 N–H and O–H groups in total. The van der Waals surface area contributed by atoms with Crippen LogP contribution in [0.3, 0.4) is 0 Å². The molecule has 4 aromatic carbocycles. The fourth-order valence-corrected chi connectivity index (χ4v) is 2.87. The normalized spacial score (nSPS) is 10.2. The van der Waals surface area contributed by atoms with E-state index in [4.69, 9.17) is 14.2 Å². The van der Waals surface area contributed by atoms with Gasteiger partial charge < -0.3 is 14.2 Å². The zero-order valence-electron chi connectivity index (χ0n) is 16.4. The van der Waals surface area contributed by atoms with Gasteiger partial charge in [0, 0.05) is 0 Å². The molecule has 0 aliphatic carbocycles. The second-order valence-corrected chi connectivity index (χ2v) is 6.50. The van der Waals surface area contributed by atoms with Gasteiger partial charge in [0.2, 0.25) is 0 Å². The van der Waals surface area contributed by atoms with E-state index in [1.807, 2.05) is 36.4 Å². The van der Waals surface area contributed by atoms with Crippen molar-refractivity contribution in [3.8, 4) is 23.0 Å². The number of esters is 2. The highest BCUT2D eigenvalue weighted by molar-refractivity contribution is 6.05. The first kappa shape index (κ1) is 19.9. The summed E-state index contributed by atoms with van der Waals surface area (Å²) in [7, 11) is 0. The van der Waals surface area contributed by atoms with Crippen LogP contribution in [0.2, 0.25) is 0 Å². The molecule has 0 aromatic heterocycles. The largest absolute Gasteiger partial charge is 0.456 e. The molecule has 0 aliphatic rings. The Hall–Kier alpha value is -4.38. The summed E-state index contributed by atoms with van der Waals surface area (Å²) in [5.74, 6) is 0.0871. The maximum absolute atomic E-state index is 12.7. The van der Waals surface area contributed by atoms with Gasteiger partial charge >= 0.3 is 11.9 Å². The summed E-state index contributed by atoms with van der Waals surface area (Å²) >= 11 is 0. The summed E-state index contributed by atoms with van der Waals surface area (Å²) in [4.78, 5) is 25.5. The molecule has 0 spiro atoms. The van der Waals surface area contributed by atoms with E-state index in [0.29, 0.717) is 23.0 Å². The van der Waals surface area contributed by atoms with E-state index in [1.165, 1.54) is 0 Å². The monoisotopic (exact) mass is 410 g/mol. The van der Waals surface area contributed by atoms with E-state index in [1.54, 1.807) is 72.8 Å². The van der Waals surface area contributed by atoms with E-state index < -0.39 is 11.9 Å². The van der Waals surface area contributed by atoms with Gasteiger partial charge in [0.15, 0.2) is 0 Å². The lowest BCUT2D eigenvalue weighted by Gasteiger charge is -2.12. The van der Waals surface area contributed by atoms with Gasteiger partial charge in [-0.3, -0.25) is 0 Å². The van der Waals surface area contributed by atoms with E-state index in [2.05, 4.69) is 0 Å². The van der Waals surface area contributed by atoms with Crippen molar-refractivity contribution < 1.29 is 23.8 Å². The Morgan fingerprint density at radius 3 is 1.23 bits per heavy atom. The molecule has 0 unspecified atom stereocenters. The highest BCUT2D eigenvalue weighted by atomic mass is 16.6. The van der Waals surface area contributed by atoms with Gasteiger partial charge in [-0.05, 0) is 48.5 Å². The van der Waals surface area contributed by atoms with Gasteiger partial charge in [-0.15, -0.1) is 0 Å². The van der Waals surface area contributed by atoms with Crippen molar-refractivity contribution in [2.75, 3.05) is 0 Å². The molecule has 0 heterocycles. The van der Waals surface area contributed by atoms with E-state index >= 15 is 0 Å². The zero-order valence-corrected chi connectivity index (χ0v) is 16.4. The van der Waals surface area contributed by atoms with Crippen LogP contribution in [-0.4, -0.2) is 11.9 Å². The van der Waals surface area contributed by atoms with Gasteiger partial charge in [-0.1, -0.05) is 60.7 Å². The number of hydrogen-bond acceptors (Lipinski definition) is 5. The molecule has 0 fully saturated rings. The quantitative estimate of drug-likeness (QED) is 0.277. The van der Waals surface area contributed by atoms with Crippen LogP contribution >= 0.6 is 0 Å². The highest BCUT2D eigenvalue weighted by Gasteiger charge is 2.21. The summed E-state index contributed by atoms with van der Waals surface area (Å²) in [6.07, 6.45) is 0. The summed E-state index contributed by atoms with van der Waals surface area (Å²) in [6.45, 7) is 0. The minimum atomic E-state index is -0.814. The number of carbonyl (C=O) groups excluding carboxylic acids is 2. The van der Waals surface area contributed by atoms with Crippen molar-refractivity contribution in [1.82, 2.24) is 0 Å². The molecule has 5 nitrogen and oxygen atoms in total. The Labute approximate surface area is 179 Å². The minimum Gasteiger partial charge on any atom is -0.456 e. The van der Waals surface area contributed by atoms with E-state index in [9.17, 15) is 9.59 Å². The number of rotatable bonds is 6. The van der Waals surface area contributed by atoms with Crippen molar-refractivity contribution in [2.24, 2.45) is 0 Å². The van der Waals surface area contributed by atoms with Gasteiger partial charge in [-0.25, -0.2) is 9.59 Å². The molecule has 4 aromatic rings. The van der Waals surface area contributed by atoms with E-state index in [-0.39, 0.29) is 11.1 Å². The Balaban J connectivity index is 1.53. The predicted octanol–water partition coefficient (Wildman–Crippen LogP) is 6.27. The fourth-order valence-electron chi connectivity index (χ4n) is 2.87. The van der Waals surface area contributed by atoms with Crippen LogP contribution in [0.1, 0.15) is 20.7 Å². The number of ether oxygens (including phenoxy) is 3. The number of para-hydroxylation sites is 4. The summed E-state index contributed by atoms with van der Waals surface area (Å²) in [5, 5.41) is 0. The molecule has 0 bridgehead atoms. The third kappa shape index (κ3) is 4.97. The first-order valence-electron chi connectivity index (χ1n) is 9.61. The topological polar surface area (TPSA) is 61.8 Å². The van der Waals surface area contributed by atoms with Gasteiger partial charge in [0.1, 0.15) is 34.1 Å². The highest BCUT2D eigenvalue weighted by Crippen LogP contribution is 2.28. The van der Waals surface area contributed by atoms with Crippen molar-refractivity contribution in [3.05, 3.63) is 120 Å². The van der Waals surface area contributed by atoms with Gasteiger partial charge in [0.05, 0.1) is 0 Å². The zero-order chi connectivity index (χ0) is 21.5. The number of benzene rings is 4. The molecule has 31 heavy (non-hydrogen) atoms. The average molecular weight is 410 g/mol. The standard InChI is InChI=1S/C26H18O5/c27-25(21-15-7-9-17-23(21)29-19-11-3-1-4-12-19)31-26(28)22-16-8-10-18-24(22)30-20-13-5-2-6-14-20/h1-18H. The molecule has 5 heteroatoms. The maximum atomic E-state index is 12.7. The van der Waals surface area contributed by atoms with Crippen LogP contribution in [-0.2, 0) is 4.74 Å². The molecule has 152 valence electrons. The molecular weight excluding hydrogens is 392 g/mol. The smallest absolute Gasteiger partial charge is 0.349 e. The summed E-state index contributed by atoms with van der Waals surface area (Å²) < 4.78 is 16.7. The molecular formula is C26H18O5. The molecule has 0 radical (unpaired) electrons. The van der Waals surface area contributed by atoms with Crippen LogP contribution < -0.4 is 9.47 Å². The third-order valence-corrected chi connectivity index (χ3v) is 4.34. The lowest BCUT2D eigenvalue weighted by Crippen LogP contribution is -2.14. The van der Waals surface area contributed by atoms with E-state index in [0.717, 1.165) is 0 Å². The Morgan fingerprint density at radius 2 is 0.806 bits per heavy atom. The van der Waals surface area contributed by atoms with Crippen LogP contribution in [0.15, 0.2) is 109 Å². The van der Waals surface area contributed by atoms with Crippen LogP contribution in [0, 0.1) is 0 Å². The first-order valence-corrected chi connectivity index (χ1v) is 9.61. The Kier molecular flexibility index (Phi) is 6.05. The average Bonchev–Trinajstić information content (AvgIpc) is 2.81. The summed E-state index contributed by atoms with van der Waals surface area (Å²) in [5.41, 5.74) is 0.280. The SMILES string of the molecule is O=C(OC(=O)c1ccccc1Oc1ccccc1)c1ccccc1Oc1ccccc1. The van der Waals surface area contributed by atoms with Crippen LogP contribution in [0.25, 0.3) is 0 Å². The minimum absolute atomic E-state index is 0.140. The molecule has 0 aliphatic heterocycles. The van der Waals surface area contributed by atoms with Crippen molar-refractivity contribution >= 4 is 11.9 Å². The second kappa shape index (κ2) is 9.41. The van der Waals surface area contributed by atoms with Crippen molar-refractivity contribution in [2.45, 2.75) is 0 Å². The van der Waals surface area contributed by atoms with Gasteiger partial charge in [0.25, 0.3) is 0 Å². The first-order chi connectivity index (χ1) is 15.2. The lowest BCUT2D eigenvalue weighted by molar-refractivity contribution is 0.0395. The number of carbonyl (C=O) groups is 2. The Morgan fingerprint density at radius 1 is 0.452 bits per heavy atom.